The number of nitrogens with one attached hydrogen (secondary N) is 1. The van der Waals surface area contributed by atoms with Crippen molar-refractivity contribution in [3.05, 3.63) is 18.3 Å². The predicted molar refractivity (Wildman–Crippen MR) is 73.9 cm³/mol. The Morgan fingerprint density at radius 2 is 2.16 bits per heavy atom. The van der Waals surface area contributed by atoms with E-state index in [0.29, 0.717) is 17.5 Å². The standard InChI is InChI=1S/C14H21N3O2/c1-19-13-7-6-12(9-16-13)17-14(18)11-4-2-10(8-15)3-5-11/h6-7,9-11H,2-5,8,15H2,1H3,(H,17,18). The van der Waals surface area contributed by atoms with Crippen molar-refractivity contribution in [3.63, 3.8) is 0 Å². The number of carbonyl (C=O) groups excluding carboxylic acids is 1. The highest BCUT2D eigenvalue weighted by molar-refractivity contribution is 5.92. The van der Waals surface area contributed by atoms with Gasteiger partial charge in [0, 0.05) is 12.0 Å². The number of anilines is 1. The lowest BCUT2D eigenvalue weighted by atomic mass is 9.81. The second kappa shape index (κ2) is 6.52. The van der Waals surface area contributed by atoms with Crippen LogP contribution in [0.25, 0.3) is 0 Å². The lowest BCUT2D eigenvalue weighted by Gasteiger charge is -2.26. The molecule has 0 spiro atoms. The first-order valence-corrected chi connectivity index (χ1v) is 6.74. The van der Waals surface area contributed by atoms with Crippen molar-refractivity contribution in [2.45, 2.75) is 25.7 Å². The van der Waals surface area contributed by atoms with Gasteiger partial charge in [-0.1, -0.05) is 0 Å². The fourth-order valence-electron chi connectivity index (χ4n) is 2.48. The van der Waals surface area contributed by atoms with E-state index < -0.39 is 0 Å². The summed E-state index contributed by atoms with van der Waals surface area (Å²) < 4.78 is 4.98. The highest BCUT2D eigenvalue weighted by Crippen LogP contribution is 2.29. The first-order chi connectivity index (χ1) is 9.22. The Kier molecular flexibility index (Phi) is 4.74. The minimum atomic E-state index is 0.0856. The summed E-state index contributed by atoms with van der Waals surface area (Å²) in [5, 5.41) is 2.91. The van der Waals surface area contributed by atoms with Gasteiger partial charge in [-0.2, -0.15) is 0 Å². The molecule has 1 aliphatic carbocycles. The van der Waals surface area contributed by atoms with Crippen molar-refractivity contribution in [2.75, 3.05) is 19.0 Å². The van der Waals surface area contributed by atoms with E-state index in [0.717, 1.165) is 32.2 Å². The third-order valence-corrected chi connectivity index (χ3v) is 3.76. The van der Waals surface area contributed by atoms with Crippen LogP contribution in [0.15, 0.2) is 18.3 Å². The summed E-state index contributed by atoms with van der Waals surface area (Å²) in [5.74, 6) is 1.32. The second-order valence-corrected chi connectivity index (χ2v) is 5.03. The molecule has 1 heterocycles. The first-order valence-electron chi connectivity index (χ1n) is 6.74. The fourth-order valence-corrected chi connectivity index (χ4v) is 2.48. The first kappa shape index (κ1) is 13.8. The Bertz CT molecular complexity index is 411. The van der Waals surface area contributed by atoms with Gasteiger partial charge in [-0.15, -0.1) is 0 Å². The average molecular weight is 263 g/mol. The number of hydrogen-bond acceptors (Lipinski definition) is 4. The number of amides is 1. The van der Waals surface area contributed by atoms with E-state index in [-0.39, 0.29) is 11.8 Å². The zero-order valence-electron chi connectivity index (χ0n) is 11.3. The van der Waals surface area contributed by atoms with Gasteiger partial charge in [-0.25, -0.2) is 4.98 Å². The molecule has 2 rings (SSSR count). The van der Waals surface area contributed by atoms with Gasteiger partial charge < -0.3 is 15.8 Å². The zero-order valence-corrected chi connectivity index (χ0v) is 11.3. The summed E-state index contributed by atoms with van der Waals surface area (Å²) in [6.45, 7) is 0.733. The van der Waals surface area contributed by atoms with E-state index >= 15 is 0 Å². The number of nitrogens with two attached hydrogens (primary N) is 1. The van der Waals surface area contributed by atoms with Crippen molar-refractivity contribution < 1.29 is 9.53 Å². The largest absolute Gasteiger partial charge is 0.481 e. The number of carbonyl (C=O) groups is 1. The topological polar surface area (TPSA) is 77.2 Å². The smallest absolute Gasteiger partial charge is 0.227 e. The highest BCUT2D eigenvalue weighted by atomic mass is 16.5. The van der Waals surface area contributed by atoms with Crippen molar-refractivity contribution in [1.29, 1.82) is 0 Å². The SMILES string of the molecule is COc1ccc(NC(=O)C2CCC(CN)CC2)cn1. The maximum atomic E-state index is 12.1. The van der Waals surface area contributed by atoms with Crippen LogP contribution < -0.4 is 15.8 Å². The van der Waals surface area contributed by atoms with E-state index in [9.17, 15) is 4.79 Å². The minimum Gasteiger partial charge on any atom is -0.481 e. The predicted octanol–water partition coefficient (Wildman–Crippen LogP) is 1.79. The number of rotatable bonds is 4. The molecule has 3 N–H and O–H groups in total. The summed E-state index contributed by atoms with van der Waals surface area (Å²) in [6.07, 6.45) is 5.57. The number of aromatic nitrogens is 1. The van der Waals surface area contributed by atoms with E-state index in [1.165, 1.54) is 0 Å². The Morgan fingerprint density at radius 3 is 2.68 bits per heavy atom. The maximum Gasteiger partial charge on any atom is 0.227 e. The molecular formula is C14H21N3O2. The third-order valence-electron chi connectivity index (χ3n) is 3.76. The van der Waals surface area contributed by atoms with Gasteiger partial charge in [0.05, 0.1) is 19.0 Å². The molecule has 5 heteroatoms. The molecule has 1 aromatic heterocycles. The molecule has 5 nitrogen and oxygen atoms in total. The number of hydrogen-bond donors (Lipinski definition) is 2. The molecule has 0 radical (unpaired) electrons. The molecule has 19 heavy (non-hydrogen) atoms. The molecular weight excluding hydrogens is 242 g/mol. The van der Waals surface area contributed by atoms with Crippen LogP contribution in [-0.4, -0.2) is 24.5 Å². The van der Waals surface area contributed by atoms with Crippen LogP contribution >= 0.6 is 0 Å². The van der Waals surface area contributed by atoms with Crippen LogP contribution in [0.1, 0.15) is 25.7 Å². The van der Waals surface area contributed by atoms with Crippen LogP contribution in [0, 0.1) is 11.8 Å². The Hall–Kier alpha value is -1.62. The number of nitrogens with zero attached hydrogens (tertiary/aromatic N) is 1. The lowest BCUT2D eigenvalue weighted by Crippen LogP contribution is -2.29. The molecule has 0 saturated heterocycles. The lowest BCUT2D eigenvalue weighted by molar-refractivity contribution is -0.121. The van der Waals surface area contributed by atoms with Crippen molar-refractivity contribution in [2.24, 2.45) is 17.6 Å². The van der Waals surface area contributed by atoms with Crippen LogP contribution in [0.4, 0.5) is 5.69 Å². The molecule has 0 aliphatic heterocycles. The molecule has 104 valence electrons. The molecule has 1 fully saturated rings. The summed E-state index contributed by atoms with van der Waals surface area (Å²) in [4.78, 5) is 16.2. The molecule has 1 amide bonds. The van der Waals surface area contributed by atoms with Gasteiger partial charge in [0.25, 0.3) is 0 Å². The van der Waals surface area contributed by atoms with E-state index in [4.69, 9.17) is 10.5 Å². The molecule has 1 aliphatic rings. The molecule has 0 unspecified atom stereocenters. The summed E-state index contributed by atoms with van der Waals surface area (Å²) in [7, 11) is 1.57. The quantitative estimate of drug-likeness (QED) is 0.868. The zero-order chi connectivity index (χ0) is 13.7. The maximum absolute atomic E-state index is 12.1. The minimum absolute atomic E-state index is 0.0856. The number of pyridine rings is 1. The van der Waals surface area contributed by atoms with Gasteiger partial charge in [-0.3, -0.25) is 4.79 Å². The Morgan fingerprint density at radius 1 is 1.42 bits per heavy atom. The fraction of sp³-hybridized carbons (Fsp3) is 0.571. The highest BCUT2D eigenvalue weighted by Gasteiger charge is 2.25. The molecule has 1 saturated carbocycles. The van der Waals surface area contributed by atoms with Crippen LogP contribution in [0.2, 0.25) is 0 Å². The van der Waals surface area contributed by atoms with E-state index in [1.807, 2.05) is 0 Å². The monoisotopic (exact) mass is 263 g/mol. The van der Waals surface area contributed by atoms with Gasteiger partial charge in [0.1, 0.15) is 0 Å². The molecule has 1 aromatic rings. The molecule has 0 atom stereocenters. The van der Waals surface area contributed by atoms with Crippen LogP contribution in [-0.2, 0) is 4.79 Å². The second-order valence-electron chi connectivity index (χ2n) is 5.03. The summed E-state index contributed by atoms with van der Waals surface area (Å²) in [6, 6.07) is 3.54. The number of ether oxygens (including phenoxy) is 1. The normalized spacial score (nSPS) is 22.8. The molecule has 0 aromatic carbocycles. The van der Waals surface area contributed by atoms with E-state index in [1.54, 1.807) is 25.4 Å². The van der Waals surface area contributed by atoms with Crippen molar-refractivity contribution in [3.8, 4) is 5.88 Å². The summed E-state index contributed by atoms with van der Waals surface area (Å²) in [5.41, 5.74) is 6.37. The van der Waals surface area contributed by atoms with Gasteiger partial charge in [0.15, 0.2) is 0 Å². The van der Waals surface area contributed by atoms with E-state index in [2.05, 4.69) is 10.3 Å². The molecule has 0 bridgehead atoms. The van der Waals surface area contributed by atoms with Gasteiger partial charge >= 0.3 is 0 Å². The number of methoxy groups -OCH3 is 1. The Labute approximate surface area is 113 Å². The summed E-state index contributed by atoms with van der Waals surface area (Å²) >= 11 is 0. The third kappa shape index (κ3) is 3.67. The Balaban J connectivity index is 1.86. The van der Waals surface area contributed by atoms with Crippen LogP contribution in [0.5, 0.6) is 5.88 Å². The van der Waals surface area contributed by atoms with Gasteiger partial charge in [-0.05, 0) is 44.2 Å². The van der Waals surface area contributed by atoms with Crippen molar-refractivity contribution >= 4 is 11.6 Å². The van der Waals surface area contributed by atoms with Crippen molar-refractivity contribution in [1.82, 2.24) is 4.98 Å². The average Bonchev–Trinajstić information content (AvgIpc) is 2.48. The van der Waals surface area contributed by atoms with Gasteiger partial charge in [0.2, 0.25) is 11.8 Å². The van der Waals surface area contributed by atoms with Crippen LogP contribution in [0.3, 0.4) is 0 Å².